The third kappa shape index (κ3) is 2.43. The lowest BCUT2D eigenvalue weighted by Crippen LogP contribution is -2.41. The molecule has 0 radical (unpaired) electrons. The number of aromatic nitrogens is 1. The molecule has 3 nitrogen and oxygen atoms in total. The van der Waals surface area contributed by atoms with Gasteiger partial charge < -0.3 is 9.31 Å². The van der Waals surface area contributed by atoms with E-state index in [4.69, 9.17) is 14.3 Å². The van der Waals surface area contributed by atoms with Crippen molar-refractivity contribution in [2.75, 3.05) is 0 Å². The molecule has 1 aliphatic rings. The molecule has 0 amide bonds. The average molecular weight is 411 g/mol. The molecule has 5 aromatic rings. The Kier molecular flexibility index (Phi) is 3.69. The van der Waals surface area contributed by atoms with E-state index in [2.05, 4.69) is 88.4 Å². The van der Waals surface area contributed by atoms with Gasteiger partial charge in [0.25, 0.3) is 0 Å². The van der Waals surface area contributed by atoms with Crippen LogP contribution in [0.2, 0.25) is 0 Å². The molecule has 0 saturated carbocycles. The highest BCUT2D eigenvalue weighted by atomic mass is 32.1. The first kappa shape index (κ1) is 18.3. The van der Waals surface area contributed by atoms with E-state index >= 15 is 0 Å². The molecule has 30 heavy (non-hydrogen) atoms. The lowest BCUT2D eigenvalue weighted by molar-refractivity contribution is 0.00578. The van der Waals surface area contributed by atoms with Gasteiger partial charge in [0.05, 0.1) is 22.3 Å². The van der Waals surface area contributed by atoms with Crippen molar-refractivity contribution in [3.63, 3.8) is 0 Å². The van der Waals surface area contributed by atoms with Crippen LogP contribution in [-0.2, 0) is 9.31 Å². The van der Waals surface area contributed by atoms with Gasteiger partial charge in [-0.3, -0.25) is 4.98 Å². The van der Waals surface area contributed by atoms with Crippen LogP contribution in [0.4, 0.5) is 0 Å². The van der Waals surface area contributed by atoms with Gasteiger partial charge in [-0.2, -0.15) is 0 Å². The number of pyridine rings is 1. The number of hydrogen-bond acceptors (Lipinski definition) is 4. The van der Waals surface area contributed by atoms with Crippen LogP contribution in [0, 0.1) is 0 Å². The summed E-state index contributed by atoms with van der Waals surface area (Å²) in [6, 6.07) is 21.4. The number of rotatable bonds is 1. The molecule has 0 unspecified atom stereocenters. The van der Waals surface area contributed by atoms with Crippen LogP contribution in [0.3, 0.4) is 0 Å². The predicted octanol–water partition coefficient (Wildman–Crippen LogP) is 6.06. The summed E-state index contributed by atoms with van der Waals surface area (Å²) in [6.45, 7) is 8.32. The molecular weight excluding hydrogens is 389 g/mol. The predicted molar refractivity (Wildman–Crippen MR) is 128 cm³/mol. The van der Waals surface area contributed by atoms with E-state index in [0.29, 0.717) is 0 Å². The average Bonchev–Trinajstić information content (AvgIpc) is 3.20. The van der Waals surface area contributed by atoms with Crippen molar-refractivity contribution in [2.24, 2.45) is 0 Å². The molecule has 0 atom stereocenters. The molecule has 0 spiro atoms. The SMILES string of the molecule is CC1(C)OB(c2nc3ccc4c5ccccc5sc4c3c3ccccc23)OC1(C)C. The van der Waals surface area contributed by atoms with E-state index in [1.807, 2.05) is 11.3 Å². The molecule has 148 valence electrons. The van der Waals surface area contributed by atoms with Gasteiger partial charge in [-0.25, -0.2) is 0 Å². The van der Waals surface area contributed by atoms with Gasteiger partial charge in [0.2, 0.25) is 0 Å². The first-order chi connectivity index (χ1) is 14.4. The second-order valence-electron chi connectivity index (χ2n) is 9.07. The molecule has 0 bridgehead atoms. The summed E-state index contributed by atoms with van der Waals surface area (Å²) < 4.78 is 15.3. The topological polar surface area (TPSA) is 31.4 Å². The summed E-state index contributed by atoms with van der Waals surface area (Å²) >= 11 is 1.84. The third-order valence-electron chi connectivity index (χ3n) is 6.71. The highest BCUT2D eigenvalue weighted by Crippen LogP contribution is 2.41. The fourth-order valence-corrected chi connectivity index (χ4v) is 5.64. The van der Waals surface area contributed by atoms with Gasteiger partial charge in [-0.05, 0) is 45.2 Å². The number of fused-ring (bicyclic) bond motifs is 7. The zero-order valence-corrected chi connectivity index (χ0v) is 18.3. The van der Waals surface area contributed by atoms with E-state index in [1.165, 1.54) is 30.9 Å². The zero-order chi connectivity index (χ0) is 20.7. The Hall–Kier alpha value is -2.47. The Balaban J connectivity index is 1.69. The maximum Gasteiger partial charge on any atom is 0.515 e. The van der Waals surface area contributed by atoms with Crippen molar-refractivity contribution in [1.82, 2.24) is 4.98 Å². The fraction of sp³-hybridized carbons (Fsp3) is 0.240. The Morgan fingerprint density at radius 3 is 2.10 bits per heavy atom. The van der Waals surface area contributed by atoms with Crippen molar-refractivity contribution in [3.8, 4) is 0 Å². The van der Waals surface area contributed by atoms with Crippen LogP contribution < -0.4 is 5.59 Å². The normalized spacial score (nSPS) is 18.2. The minimum Gasteiger partial charge on any atom is -0.398 e. The molecular formula is C25H22BNO2S. The standard InChI is InChI=1S/C25H22BNO2S/c1-24(2)25(3,4)29-26(28-24)23-18-11-6-5-10-16(18)21-19(27-23)14-13-17-15-9-7-8-12-20(15)30-22(17)21/h5-14H,1-4H3. The Bertz CT molecular complexity index is 1450. The molecule has 1 aliphatic heterocycles. The number of hydrogen-bond donors (Lipinski definition) is 0. The van der Waals surface area contributed by atoms with E-state index < -0.39 is 18.3 Å². The van der Waals surface area contributed by atoms with Crippen LogP contribution in [-0.4, -0.2) is 23.3 Å². The first-order valence-corrected chi connectivity index (χ1v) is 11.2. The van der Waals surface area contributed by atoms with Crippen LogP contribution in [0.1, 0.15) is 27.7 Å². The minimum atomic E-state index is -0.484. The van der Waals surface area contributed by atoms with Crippen LogP contribution in [0.25, 0.3) is 41.8 Å². The Labute approximate surface area is 179 Å². The molecule has 1 saturated heterocycles. The summed E-state index contributed by atoms with van der Waals surface area (Å²) in [5.74, 6) is 0. The van der Waals surface area contributed by atoms with E-state index in [-0.39, 0.29) is 0 Å². The Morgan fingerprint density at radius 2 is 1.37 bits per heavy atom. The van der Waals surface area contributed by atoms with E-state index in [9.17, 15) is 0 Å². The largest absolute Gasteiger partial charge is 0.515 e. The summed E-state index contributed by atoms with van der Waals surface area (Å²) in [5.41, 5.74) is 1.05. The molecule has 3 heterocycles. The summed E-state index contributed by atoms with van der Waals surface area (Å²) in [4.78, 5) is 5.09. The highest BCUT2D eigenvalue weighted by Gasteiger charge is 2.52. The van der Waals surface area contributed by atoms with Crippen molar-refractivity contribution < 1.29 is 9.31 Å². The van der Waals surface area contributed by atoms with Gasteiger partial charge in [0, 0.05) is 30.9 Å². The summed E-state index contributed by atoms with van der Waals surface area (Å²) in [5, 5.41) is 6.10. The van der Waals surface area contributed by atoms with Gasteiger partial charge in [0.15, 0.2) is 0 Å². The molecule has 1 fully saturated rings. The van der Waals surface area contributed by atoms with Crippen LogP contribution in [0.15, 0.2) is 60.7 Å². The lowest BCUT2D eigenvalue weighted by Gasteiger charge is -2.32. The fourth-order valence-electron chi connectivity index (χ4n) is 4.38. The molecule has 2 aromatic heterocycles. The maximum absolute atomic E-state index is 6.36. The minimum absolute atomic E-state index is 0.398. The van der Waals surface area contributed by atoms with Crippen LogP contribution >= 0.6 is 11.3 Å². The smallest absolute Gasteiger partial charge is 0.398 e. The van der Waals surface area contributed by atoms with E-state index in [0.717, 1.165) is 16.5 Å². The zero-order valence-electron chi connectivity index (χ0n) is 17.5. The van der Waals surface area contributed by atoms with Gasteiger partial charge in [-0.1, -0.05) is 48.5 Å². The summed E-state index contributed by atoms with van der Waals surface area (Å²) in [7, 11) is -0.484. The van der Waals surface area contributed by atoms with Crippen molar-refractivity contribution in [1.29, 1.82) is 0 Å². The monoisotopic (exact) mass is 411 g/mol. The lowest BCUT2D eigenvalue weighted by atomic mass is 9.80. The molecule has 0 aliphatic carbocycles. The number of thiophene rings is 1. The molecule has 3 aromatic carbocycles. The maximum atomic E-state index is 6.36. The van der Waals surface area contributed by atoms with Crippen molar-refractivity contribution >= 4 is 65.9 Å². The first-order valence-electron chi connectivity index (χ1n) is 10.3. The quantitative estimate of drug-likeness (QED) is 0.248. The second-order valence-corrected chi connectivity index (χ2v) is 10.1. The Morgan fingerprint density at radius 1 is 0.733 bits per heavy atom. The van der Waals surface area contributed by atoms with Crippen LogP contribution in [0.5, 0.6) is 0 Å². The highest BCUT2D eigenvalue weighted by molar-refractivity contribution is 7.26. The van der Waals surface area contributed by atoms with Gasteiger partial charge >= 0.3 is 7.12 Å². The summed E-state index contributed by atoms with van der Waals surface area (Å²) in [6.07, 6.45) is 0. The van der Waals surface area contributed by atoms with Gasteiger partial charge in [-0.15, -0.1) is 11.3 Å². The molecule has 6 rings (SSSR count). The van der Waals surface area contributed by atoms with Crippen molar-refractivity contribution in [3.05, 3.63) is 60.7 Å². The van der Waals surface area contributed by atoms with Gasteiger partial charge in [0.1, 0.15) is 0 Å². The second kappa shape index (κ2) is 6.04. The molecule has 0 N–H and O–H groups in total. The number of benzene rings is 3. The number of nitrogens with zero attached hydrogens (tertiary/aromatic N) is 1. The molecule has 5 heteroatoms. The van der Waals surface area contributed by atoms with E-state index in [1.54, 1.807) is 0 Å². The van der Waals surface area contributed by atoms with Crippen molar-refractivity contribution in [2.45, 2.75) is 38.9 Å². The third-order valence-corrected chi connectivity index (χ3v) is 7.92.